The number of rotatable bonds is 6. The van der Waals surface area contributed by atoms with Gasteiger partial charge in [-0.25, -0.2) is 4.39 Å². The van der Waals surface area contributed by atoms with Gasteiger partial charge in [0.1, 0.15) is 5.82 Å². The highest BCUT2D eigenvalue weighted by Gasteiger charge is 2.05. The van der Waals surface area contributed by atoms with Crippen molar-refractivity contribution in [2.75, 3.05) is 13.7 Å². The van der Waals surface area contributed by atoms with E-state index in [1.807, 2.05) is 13.0 Å². The molecule has 0 radical (unpaired) electrons. The van der Waals surface area contributed by atoms with E-state index < -0.39 is 0 Å². The summed E-state index contributed by atoms with van der Waals surface area (Å²) in [6, 6.07) is 5.52. The van der Waals surface area contributed by atoms with E-state index in [0.717, 1.165) is 24.2 Å². The summed E-state index contributed by atoms with van der Waals surface area (Å²) < 4.78 is 18.4. The molecule has 1 aromatic rings. The summed E-state index contributed by atoms with van der Waals surface area (Å²) in [4.78, 5) is 0. The molecule has 1 rings (SSSR count). The lowest BCUT2D eigenvalue weighted by atomic mass is 10.1. The van der Waals surface area contributed by atoms with Crippen molar-refractivity contribution < 1.29 is 9.13 Å². The van der Waals surface area contributed by atoms with Crippen LogP contribution in [0.4, 0.5) is 4.39 Å². The third-order valence-corrected chi connectivity index (χ3v) is 2.60. The topological polar surface area (TPSA) is 21.3 Å². The molecule has 0 heterocycles. The maximum atomic E-state index is 13.4. The molecule has 1 N–H and O–H groups in total. The first-order valence-electron chi connectivity index (χ1n) is 5.61. The van der Waals surface area contributed by atoms with Crippen LogP contribution < -0.4 is 5.32 Å². The molecule has 0 aromatic heterocycles. The molecule has 2 nitrogen and oxygen atoms in total. The van der Waals surface area contributed by atoms with Crippen LogP contribution in [0.2, 0.25) is 0 Å². The number of hydrogen-bond acceptors (Lipinski definition) is 2. The van der Waals surface area contributed by atoms with Crippen LogP contribution in [0, 0.1) is 12.7 Å². The minimum Gasteiger partial charge on any atom is -0.385 e. The summed E-state index contributed by atoms with van der Waals surface area (Å²) in [5, 5.41) is 3.28. The lowest BCUT2D eigenvalue weighted by Gasteiger charge is -2.13. The molecule has 3 heteroatoms. The van der Waals surface area contributed by atoms with Crippen LogP contribution in [0.15, 0.2) is 18.2 Å². The van der Waals surface area contributed by atoms with Gasteiger partial charge in [-0.15, -0.1) is 0 Å². The van der Waals surface area contributed by atoms with Crippen LogP contribution in [0.1, 0.15) is 24.5 Å². The van der Waals surface area contributed by atoms with Gasteiger partial charge >= 0.3 is 0 Å². The molecule has 0 saturated heterocycles. The van der Waals surface area contributed by atoms with E-state index in [0.29, 0.717) is 12.6 Å². The summed E-state index contributed by atoms with van der Waals surface area (Å²) in [5.74, 6) is -0.142. The molecule has 0 aliphatic heterocycles. The average Bonchev–Trinajstić information content (AvgIpc) is 2.27. The molecule has 16 heavy (non-hydrogen) atoms. The number of hydrogen-bond donors (Lipinski definition) is 1. The second kappa shape index (κ2) is 6.61. The van der Waals surface area contributed by atoms with Gasteiger partial charge in [0.05, 0.1) is 0 Å². The van der Waals surface area contributed by atoms with Gasteiger partial charge in [0.15, 0.2) is 0 Å². The minimum atomic E-state index is -0.142. The predicted octanol–water partition coefficient (Wildman–Crippen LogP) is 2.65. The number of aryl methyl sites for hydroxylation is 1. The van der Waals surface area contributed by atoms with Crippen molar-refractivity contribution in [3.8, 4) is 0 Å². The second-order valence-corrected chi connectivity index (χ2v) is 4.16. The Morgan fingerprint density at radius 3 is 2.88 bits per heavy atom. The van der Waals surface area contributed by atoms with Gasteiger partial charge in [0.2, 0.25) is 0 Å². The molecule has 0 amide bonds. The Bertz CT molecular complexity index is 328. The third kappa shape index (κ3) is 4.29. The van der Waals surface area contributed by atoms with Crippen molar-refractivity contribution in [2.45, 2.75) is 32.9 Å². The molecule has 0 bridgehead atoms. The van der Waals surface area contributed by atoms with Gasteiger partial charge in [-0.05, 0) is 26.3 Å². The van der Waals surface area contributed by atoms with Gasteiger partial charge in [0.25, 0.3) is 0 Å². The number of halogens is 1. The summed E-state index contributed by atoms with van der Waals surface area (Å²) in [5.41, 5.74) is 1.81. The van der Waals surface area contributed by atoms with Crippen LogP contribution >= 0.6 is 0 Å². The summed E-state index contributed by atoms with van der Waals surface area (Å²) >= 11 is 0. The van der Waals surface area contributed by atoms with Crippen molar-refractivity contribution in [1.29, 1.82) is 0 Å². The minimum absolute atomic E-state index is 0.142. The van der Waals surface area contributed by atoms with E-state index in [1.165, 1.54) is 6.07 Å². The third-order valence-electron chi connectivity index (χ3n) is 2.60. The van der Waals surface area contributed by atoms with Crippen LogP contribution in [0.5, 0.6) is 0 Å². The van der Waals surface area contributed by atoms with Gasteiger partial charge in [-0.2, -0.15) is 0 Å². The molecular weight excluding hydrogens is 205 g/mol. The van der Waals surface area contributed by atoms with Crippen molar-refractivity contribution in [2.24, 2.45) is 0 Å². The van der Waals surface area contributed by atoms with Gasteiger partial charge in [-0.1, -0.05) is 17.7 Å². The zero-order valence-corrected chi connectivity index (χ0v) is 10.2. The highest BCUT2D eigenvalue weighted by molar-refractivity contribution is 5.23. The fourth-order valence-electron chi connectivity index (χ4n) is 1.52. The van der Waals surface area contributed by atoms with Crippen LogP contribution in [0.3, 0.4) is 0 Å². The van der Waals surface area contributed by atoms with Crippen molar-refractivity contribution in [1.82, 2.24) is 5.32 Å². The first kappa shape index (κ1) is 13.1. The van der Waals surface area contributed by atoms with E-state index in [1.54, 1.807) is 13.2 Å². The highest BCUT2D eigenvalue weighted by Crippen LogP contribution is 2.10. The quantitative estimate of drug-likeness (QED) is 0.803. The Kier molecular flexibility index (Phi) is 5.43. The van der Waals surface area contributed by atoms with E-state index in [4.69, 9.17) is 4.74 Å². The first-order valence-corrected chi connectivity index (χ1v) is 5.61. The summed E-state index contributed by atoms with van der Waals surface area (Å²) in [6.45, 7) is 5.34. The Hall–Kier alpha value is -0.930. The maximum Gasteiger partial charge on any atom is 0.127 e. The molecular formula is C13H20FNO. The van der Waals surface area contributed by atoms with Gasteiger partial charge in [0, 0.05) is 31.9 Å². The summed E-state index contributed by atoms with van der Waals surface area (Å²) in [6.07, 6.45) is 0.934. The van der Waals surface area contributed by atoms with E-state index in [-0.39, 0.29) is 5.82 Å². The van der Waals surface area contributed by atoms with E-state index in [2.05, 4.69) is 12.2 Å². The van der Waals surface area contributed by atoms with Crippen molar-refractivity contribution in [3.05, 3.63) is 35.1 Å². The zero-order chi connectivity index (χ0) is 12.0. The largest absolute Gasteiger partial charge is 0.385 e. The molecule has 0 aliphatic rings. The van der Waals surface area contributed by atoms with Gasteiger partial charge < -0.3 is 10.1 Å². The SMILES string of the molecule is COCCC(C)NCc1cc(C)ccc1F. The lowest BCUT2D eigenvalue weighted by Crippen LogP contribution is -2.27. The summed E-state index contributed by atoms with van der Waals surface area (Å²) in [7, 11) is 1.69. The smallest absolute Gasteiger partial charge is 0.127 e. The van der Waals surface area contributed by atoms with Crippen molar-refractivity contribution in [3.63, 3.8) is 0 Å². The number of methoxy groups -OCH3 is 1. The van der Waals surface area contributed by atoms with E-state index in [9.17, 15) is 4.39 Å². The second-order valence-electron chi connectivity index (χ2n) is 4.16. The Labute approximate surface area is 96.8 Å². The Morgan fingerprint density at radius 2 is 2.19 bits per heavy atom. The van der Waals surface area contributed by atoms with Crippen LogP contribution in [-0.4, -0.2) is 19.8 Å². The average molecular weight is 225 g/mol. The molecule has 0 fully saturated rings. The normalized spacial score (nSPS) is 12.8. The maximum absolute atomic E-state index is 13.4. The number of nitrogens with one attached hydrogen (secondary N) is 1. The fraction of sp³-hybridized carbons (Fsp3) is 0.538. The van der Waals surface area contributed by atoms with Gasteiger partial charge in [-0.3, -0.25) is 0 Å². The molecule has 1 aromatic carbocycles. The van der Waals surface area contributed by atoms with E-state index >= 15 is 0 Å². The van der Waals surface area contributed by atoms with Crippen LogP contribution in [0.25, 0.3) is 0 Å². The number of ether oxygens (including phenoxy) is 1. The molecule has 1 unspecified atom stereocenters. The predicted molar refractivity (Wildman–Crippen MR) is 63.9 cm³/mol. The molecule has 1 atom stereocenters. The van der Waals surface area contributed by atoms with Crippen molar-refractivity contribution >= 4 is 0 Å². The lowest BCUT2D eigenvalue weighted by molar-refractivity contribution is 0.184. The molecule has 90 valence electrons. The van der Waals surface area contributed by atoms with Crippen LogP contribution in [-0.2, 0) is 11.3 Å². The molecule has 0 saturated carbocycles. The zero-order valence-electron chi connectivity index (χ0n) is 10.2. The first-order chi connectivity index (χ1) is 7.63. The monoisotopic (exact) mass is 225 g/mol. The highest BCUT2D eigenvalue weighted by atomic mass is 19.1. The fourth-order valence-corrected chi connectivity index (χ4v) is 1.52. The Balaban J connectivity index is 2.44. The molecule has 0 aliphatic carbocycles. The molecule has 0 spiro atoms. The number of benzene rings is 1. The standard InChI is InChI=1S/C13H20FNO/c1-10-4-5-13(14)12(8-10)9-15-11(2)6-7-16-3/h4-5,8,11,15H,6-7,9H2,1-3H3. The Morgan fingerprint density at radius 1 is 1.44 bits per heavy atom.